The van der Waals surface area contributed by atoms with E-state index in [1.165, 1.54) is 25.2 Å². The second-order valence-corrected chi connectivity index (χ2v) is 7.92. The molecule has 1 N–H and O–H groups in total. The van der Waals surface area contributed by atoms with Crippen LogP contribution in [-0.4, -0.2) is 25.7 Å². The topological polar surface area (TPSA) is 66.5 Å². The maximum absolute atomic E-state index is 13.3. The summed E-state index contributed by atoms with van der Waals surface area (Å²) in [6.07, 6.45) is 0.776. The number of carbonyl (C=O) groups excluding carboxylic acids is 1. The van der Waals surface area contributed by atoms with E-state index >= 15 is 0 Å². The smallest absolute Gasteiger partial charge is 0.243 e. The molecule has 2 aromatic rings. The Hall–Kier alpha value is -2.32. The van der Waals surface area contributed by atoms with Gasteiger partial charge in [-0.15, -0.1) is 0 Å². The molecule has 0 unspecified atom stereocenters. The summed E-state index contributed by atoms with van der Waals surface area (Å²) in [7, 11) is -2.43. The van der Waals surface area contributed by atoms with Gasteiger partial charge >= 0.3 is 0 Å². The van der Waals surface area contributed by atoms with Gasteiger partial charge in [0, 0.05) is 25.7 Å². The number of sulfonamides is 1. The summed E-state index contributed by atoms with van der Waals surface area (Å²) in [5.74, 6) is -2.10. The third-order valence-electron chi connectivity index (χ3n) is 4.07. The van der Waals surface area contributed by atoms with Crippen LogP contribution in [0.25, 0.3) is 0 Å². The quantitative estimate of drug-likeness (QED) is 0.905. The first kappa shape index (κ1) is 17.5. The van der Waals surface area contributed by atoms with Crippen molar-refractivity contribution >= 4 is 21.6 Å². The van der Waals surface area contributed by atoms with Crippen molar-refractivity contribution in [3.63, 3.8) is 0 Å². The highest BCUT2D eigenvalue weighted by Crippen LogP contribution is 2.27. The number of benzene rings is 2. The average molecular weight is 366 g/mol. The molecule has 0 saturated heterocycles. The van der Waals surface area contributed by atoms with Gasteiger partial charge in [-0.05, 0) is 47.9 Å². The number of fused-ring (bicyclic) bond motifs is 1. The average Bonchev–Trinajstić information content (AvgIpc) is 2.57. The van der Waals surface area contributed by atoms with Crippen molar-refractivity contribution < 1.29 is 22.0 Å². The van der Waals surface area contributed by atoms with Crippen LogP contribution in [0.15, 0.2) is 41.3 Å². The first-order chi connectivity index (χ1) is 11.8. The normalized spacial score (nSPS) is 14.3. The SMILES string of the molecule is CN(Cc1ccc(F)c(F)c1)S(=O)(=O)c1ccc2c(c1)CCC(=O)N2. The molecule has 0 saturated carbocycles. The fourth-order valence-electron chi connectivity index (χ4n) is 2.68. The van der Waals surface area contributed by atoms with Crippen LogP contribution >= 0.6 is 0 Å². The number of amides is 1. The lowest BCUT2D eigenvalue weighted by atomic mass is 10.0. The van der Waals surface area contributed by atoms with Gasteiger partial charge in [-0.3, -0.25) is 4.79 Å². The summed E-state index contributed by atoms with van der Waals surface area (Å²) in [6, 6.07) is 7.79. The van der Waals surface area contributed by atoms with Gasteiger partial charge in [-0.2, -0.15) is 4.31 Å². The van der Waals surface area contributed by atoms with Crippen molar-refractivity contribution in [3.8, 4) is 0 Å². The standard InChI is InChI=1S/C17H16F2N2O3S/c1-21(10-11-2-5-14(18)15(19)8-11)25(23,24)13-4-6-16-12(9-13)3-7-17(22)20-16/h2,4-6,8-9H,3,7,10H2,1H3,(H,20,22). The molecule has 132 valence electrons. The van der Waals surface area contributed by atoms with E-state index in [2.05, 4.69) is 5.32 Å². The number of rotatable bonds is 4. The van der Waals surface area contributed by atoms with E-state index in [0.29, 0.717) is 24.1 Å². The highest BCUT2D eigenvalue weighted by atomic mass is 32.2. The summed E-state index contributed by atoms with van der Waals surface area (Å²) in [4.78, 5) is 11.5. The second-order valence-electron chi connectivity index (χ2n) is 5.88. The highest BCUT2D eigenvalue weighted by Gasteiger charge is 2.24. The number of carbonyl (C=O) groups is 1. The molecule has 2 aromatic carbocycles. The molecule has 0 aromatic heterocycles. The molecule has 0 atom stereocenters. The second kappa shape index (κ2) is 6.53. The number of nitrogens with zero attached hydrogens (tertiary/aromatic N) is 1. The van der Waals surface area contributed by atoms with E-state index in [9.17, 15) is 22.0 Å². The first-order valence-electron chi connectivity index (χ1n) is 7.60. The minimum atomic E-state index is -3.80. The minimum Gasteiger partial charge on any atom is -0.326 e. The molecule has 5 nitrogen and oxygen atoms in total. The summed E-state index contributed by atoms with van der Waals surface area (Å²) in [6.45, 7) is -0.0899. The number of hydrogen-bond donors (Lipinski definition) is 1. The van der Waals surface area contributed by atoms with Crippen molar-refractivity contribution in [1.29, 1.82) is 0 Å². The van der Waals surface area contributed by atoms with E-state index in [0.717, 1.165) is 22.0 Å². The monoisotopic (exact) mass is 366 g/mol. The first-order valence-corrected chi connectivity index (χ1v) is 9.04. The zero-order valence-electron chi connectivity index (χ0n) is 13.4. The van der Waals surface area contributed by atoms with Gasteiger partial charge in [-0.1, -0.05) is 6.07 Å². The zero-order valence-corrected chi connectivity index (χ0v) is 14.2. The fraction of sp³-hybridized carbons (Fsp3) is 0.235. The highest BCUT2D eigenvalue weighted by molar-refractivity contribution is 7.89. The third-order valence-corrected chi connectivity index (χ3v) is 5.87. The predicted molar refractivity (Wildman–Crippen MR) is 88.4 cm³/mol. The molecular formula is C17H16F2N2O3S. The third kappa shape index (κ3) is 3.54. The Balaban J connectivity index is 1.85. The van der Waals surface area contributed by atoms with Crippen LogP contribution in [-0.2, 0) is 27.8 Å². The Kier molecular flexibility index (Phi) is 4.57. The molecule has 0 aliphatic carbocycles. The van der Waals surface area contributed by atoms with Crippen molar-refractivity contribution in [2.45, 2.75) is 24.3 Å². The molecule has 1 heterocycles. The molecule has 8 heteroatoms. The van der Waals surface area contributed by atoms with Crippen LogP contribution in [0.2, 0.25) is 0 Å². The van der Waals surface area contributed by atoms with Gasteiger partial charge in [0.05, 0.1) is 4.90 Å². The Labute approximate surface area is 144 Å². The molecular weight excluding hydrogens is 350 g/mol. The largest absolute Gasteiger partial charge is 0.326 e. The molecule has 25 heavy (non-hydrogen) atoms. The number of anilines is 1. The van der Waals surface area contributed by atoms with Crippen LogP contribution in [0.4, 0.5) is 14.5 Å². The van der Waals surface area contributed by atoms with E-state index < -0.39 is 21.7 Å². The van der Waals surface area contributed by atoms with Crippen LogP contribution in [0.5, 0.6) is 0 Å². The predicted octanol–water partition coefficient (Wildman–Crippen LogP) is 2.67. The molecule has 0 radical (unpaired) electrons. The number of nitrogens with one attached hydrogen (secondary N) is 1. The van der Waals surface area contributed by atoms with Crippen molar-refractivity contribution in [1.82, 2.24) is 4.31 Å². The van der Waals surface area contributed by atoms with Gasteiger partial charge in [0.15, 0.2) is 11.6 Å². The van der Waals surface area contributed by atoms with E-state index in [-0.39, 0.29) is 17.3 Å². The molecule has 1 aliphatic heterocycles. The molecule has 0 fully saturated rings. The lowest BCUT2D eigenvalue weighted by Crippen LogP contribution is -2.27. The summed E-state index contributed by atoms with van der Waals surface area (Å²) in [5.41, 5.74) is 1.70. The lowest BCUT2D eigenvalue weighted by molar-refractivity contribution is -0.116. The number of aryl methyl sites for hydroxylation is 1. The molecule has 3 rings (SSSR count). The summed E-state index contributed by atoms with van der Waals surface area (Å²) < 4.78 is 52.8. The number of halogens is 2. The molecule has 1 aliphatic rings. The van der Waals surface area contributed by atoms with Crippen molar-refractivity contribution in [3.05, 3.63) is 59.2 Å². The fourth-order valence-corrected chi connectivity index (χ4v) is 3.89. The maximum Gasteiger partial charge on any atom is 0.243 e. The minimum absolute atomic E-state index is 0.0899. The van der Waals surface area contributed by atoms with Crippen molar-refractivity contribution in [2.75, 3.05) is 12.4 Å². The Morgan fingerprint density at radius 1 is 1.08 bits per heavy atom. The molecule has 1 amide bonds. The van der Waals surface area contributed by atoms with Gasteiger partial charge < -0.3 is 5.32 Å². The van der Waals surface area contributed by atoms with Gasteiger partial charge in [0.1, 0.15) is 0 Å². The Morgan fingerprint density at radius 2 is 1.84 bits per heavy atom. The number of hydrogen-bond acceptors (Lipinski definition) is 3. The van der Waals surface area contributed by atoms with E-state index in [1.807, 2.05) is 0 Å². The molecule has 0 bridgehead atoms. The van der Waals surface area contributed by atoms with Crippen molar-refractivity contribution in [2.24, 2.45) is 0 Å². The van der Waals surface area contributed by atoms with Gasteiger partial charge in [0.25, 0.3) is 0 Å². The van der Waals surface area contributed by atoms with Gasteiger partial charge in [0.2, 0.25) is 15.9 Å². The maximum atomic E-state index is 13.3. The van der Waals surface area contributed by atoms with E-state index in [1.54, 1.807) is 6.07 Å². The lowest BCUT2D eigenvalue weighted by Gasteiger charge is -2.21. The van der Waals surface area contributed by atoms with Crippen LogP contribution in [0, 0.1) is 11.6 Å². The van der Waals surface area contributed by atoms with E-state index in [4.69, 9.17) is 0 Å². The zero-order chi connectivity index (χ0) is 18.2. The Bertz CT molecular complexity index is 945. The molecule has 0 spiro atoms. The van der Waals surface area contributed by atoms with Crippen LogP contribution in [0.3, 0.4) is 0 Å². The van der Waals surface area contributed by atoms with Crippen LogP contribution in [0.1, 0.15) is 17.5 Å². The van der Waals surface area contributed by atoms with Crippen LogP contribution < -0.4 is 5.32 Å². The summed E-state index contributed by atoms with van der Waals surface area (Å²) in [5, 5.41) is 2.69. The summed E-state index contributed by atoms with van der Waals surface area (Å²) >= 11 is 0. The Morgan fingerprint density at radius 3 is 2.56 bits per heavy atom. The van der Waals surface area contributed by atoms with Gasteiger partial charge in [-0.25, -0.2) is 17.2 Å².